The van der Waals surface area contributed by atoms with Crippen molar-refractivity contribution < 1.29 is 9.53 Å². The Hall–Kier alpha value is -1.07. The number of ether oxygens (including phenoxy) is 1. The fourth-order valence-corrected chi connectivity index (χ4v) is 2.13. The molecule has 1 fully saturated rings. The highest BCUT2D eigenvalue weighted by atomic mass is 79.9. The normalized spacial score (nSPS) is 15.9. The highest BCUT2D eigenvalue weighted by Gasteiger charge is 2.14. The molecule has 0 aliphatic carbocycles. The monoisotopic (exact) mass is 284 g/mol. The molecular formula is C11H13BrN2O2. The zero-order valence-electron chi connectivity index (χ0n) is 8.78. The van der Waals surface area contributed by atoms with Crippen molar-refractivity contribution in [3.8, 4) is 0 Å². The number of carbonyl (C=O) groups is 1. The molecule has 1 aliphatic heterocycles. The Morgan fingerprint density at radius 3 is 2.81 bits per heavy atom. The van der Waals surface area contributed by atoms with E-state index in [9.17, 15) is 4.79 Å². The van der Waals surface area contributed by atoms with Crippen LogP contribution in [0, 0.1) is 0 Å². The summed E-state index contributed by atoms with van der Waals surface area (Å²) in [7, 11) is 0. The van der Waals surface area contributed by atoms with Crippen molar-refractivity contribution >= 4 is 33.7 Å². The van der Waals surface area contributed by atoms with Crippen LogP contribution in [0.15, 0.2) is 22.7 Å². The molecule has 1 aliphatic rings. The lowest BCUT2D eigenvalue weighted by Crippen LogP contribution is -2.36. The van der Waals surface area contributed by atoms with Crippen LogP contribution in [0.3, 0.4) is 0 Å². The summed E-state index contributed by atoms with van der Waals surface area (Å²) in [5.74, 6) is 0. The first-order valence-electron chi connectivity index (χ1n) is 5.13. The zero-order chi connectivity index (χ0) is 11.4. The molecule has 86 valence electrons. The Bertz CT molecular complexity index is 378. The molecule has 1 amide bonds. The van der Waals surface area contributed by atoms with Gasteiger partial charge in [0, 0.05) is 17.6 Å². The Labute approximate surface area is 103 Å². The van der Waals surface area contributed by atoms with Crippen LogP contribution in [0.25, 0.3) is 0 Å². The number of nitrogens with one attached hydrogen (secondary N) is 1. The summed E-state index contributed by atoms with van der Waals surface area (Å²) in [4.78, 5) is 12.8. The second-order valence-corrected chi connectivity index (χ2v) is 4.44. The average Bonchev–Trinajstić information content (AvgIpc) is 2.31. The summed E-state index contributed by atoms with van der Waals surface area (Å²) in [5, 5.41) is 2.72. The smallest absolute Gasteiger partial charge is 0.211 e. The lowest BCUT2D eigenvalue weighted by molar-refractivity contribution is -0.105. The lowest BCUT2D eigenvalue weighted by atomic mass is 10.2. The molecule has 16 heavy (non-hydrogen) atoms. The number of anilines is 2. The van der Waals surface area contributed by atoms with Crippen molar-refractivity contribution in [3.63, 3.8) is 0 Å². The standard InChI is InChI=1S/C11H13BrN2O2/c12-9-1-2-11(10(7-9)13-8-15)14-3-5-16-6-4-14/h1-2,7-8H,3-6H2,(H,13,15). The van der Waals surface area contributed by atoms with Crippen LogP contribution in [0.4, 0.5) is 11.4 Å². The summed E-state index contributed by atoms with van der Waals surface area (Å²) >= 11 is 3.39. The zero-order valence-corrected chi connectivity index (χ0v) is 10.4. The Balaban J connectivity index is 2.26. The lowest BCUT2D eigenvalue weighted by Gasteiger charge is -2.30. The van der Waals surface area contributed by atoms with E-state index in [-0.39, 0.29) is 0 Å². The van der Waals surface area contributed by atoms with E-state index in [1.54, 1.807) is 0 Å². The molecule has 0 unspecified atom stereocenters. The van der Waals surface area contributed by atoms with Gasteiger partial charge in [-0.05, 0) is 18.2 Å². The molecule has 1 heterocycles. The summed E-state index contributed by atoms with van der Waals surface area (Å²) in [5.41, 5.74) is 1.87. The van der Waals surface area contributed by atoms with Crippen molar-refractivity contribution in [1.29, 1.82) is 0 Å². The molecule has 2 rings (SSSR count). The van der Waals surface area contributed by atoms with Gasteiger partial charge in [-0.2, -0.15) is 0 Å². The predicted octanol–water partition coefficient (Wildman–Crippen LogP) is 1.85. The summed E-state index contributed by atoms with van der Waals surface area (Å²) in [6, 6.07) is 5.88. The molecule has 4 nitrogen and oxygen atoms in total. The fourth-order valence-electron chi connectivity index (χ4n) is 1.77. The Morgan fingerprint density at radius 1 is 1.38 bits per heavy atom. The third kappa shape index (κ3) is 2.54. The SMILES string of the molecule is O=CNc1cc(Br)ccc1N1CCOCC1. The topological polar surface area (TPSA) is 41.6 Å². The van der Waals surface area contributed by atoms with E-state index in [2.05, 4.69) is 26.1 Å². The average molecular weight is 285 g/mol. The Morgan fingerprint density at radius 2 is 2.12 bits per heavy atom. The molecule has 0 saturated carbocycles. The van der Waals surface area contributed by atoms with Gasteiger partial charge in [-0.1, -0.05) is 15.9 Å². The van der Waals surface area contributed by atoms with Gasteiger partial charge in [0.25, 0.3) is 0 Å². The first kappa shape index (κ1) is 11.4. The van der Waals surface area contributed by atoms with Gasteiger partial charge >= 0.3 is 0 Å². The third-order valence-corrected chi connectivity index (χ3v) is 3.02. The fraction of sp³-hybridized carbons (Fsp3) is 0.364. The largest absolute Gasteiger partial charge is 0.378 e. The van der Waals surface area contributed by atoms with Gasteiger partial charge < -0.3 is 15.0 Å². The highest BCUT2D eigenvalue weighted by Crippen LogP contribution is 2.29. The maximum absolute atomic E-state index is 10.6. The van der Waals surface area contributed by atoms with Crippen LogP contribution in [-0.4, -0.2) is 32.7 Å². The number of hydrogen-bond donors (Lipinski definition) is 1. The van der Waals surface area contributed by atoms with Crippen molar-refractivity contribution in [2.75, 3.05) is 36.5 Å². The molecule has 1 saturated heterocycles. The molecule has 1 N–H and O–H groups in total. The van der Waals surface area contributed by atoms with Crippen LogP contribution >= 0.6 is 15.9 Å². The van der Waals surface area contributed by atoms with E-state index in [1.807, 2.05) is 18.2 Å². The van der Waals surface area contributed by atoms with Crippen LogP contribution in [0.5, 0.6) is 0 Å². The molecule has 5 heteroatoms. The van der Waals surface area contributed by atoms with Crippen molar-refractivity contribution in [2.45, 2.75) is 0 Å². The number of hydrogen-bond acceptors (Lipinski definition) is 3. The number of amides is 1. The third-order valence-electron chi connectivity index (χ3n) is 2.52. The van der Waals surface area contributed by atoms with Gasteiger partial charge in [0.2, 0.25) is 6.41 Å². The maximum atomic E-state index is 10.6. The van der Waals surface area contributed by atoms with Crippen molar-refractivity contribution in [3.05, 3.63) is 22.7 Å². The number of carbonyl (C=O) groups excluding carboxylic acids is 1. The van der Waals surface area contributed by atoms with Gasteiger partial charge in [-0.3, -0.25) is 4.79 Å². The van der Waals surface area contributed by atoms with Crippen molar-refractivity contribution in [1.82, 2.24) is 0 Å². The molecule has 0 radical (unpaired) electrons. The van der Waals surface area contributed by atoms with Gasteiger partial charge in [-0.15, -0.1) is 0 Å². The van der Waals surface area contributed by atoms with Crippen LogP contribution in [-0.2, 0) is 9.53 Å². The molecule has 1 aromatic rings. The van der Waals surface area contributed by atoms with Gasteiger partial charge in [0.15, 0.2) is 0 Å². The molecular weight excluding hydrogens is 272 g/mol. The number of benzene rings is 1. The van der Waals surface area contributed by atoms with Crippen LogP contribution in [0.1, 0.15) is 0 Å². The maximum Gasteiger partial charge on any atom is 0.211 e. The van der Waals surface area contributed by atoms with E-state index in [0.29, 0.717) is 6.41 Å². The van der Waals surface area contributed by atoms with Gasteiger partial charge in [-0.25, -0.2) is 0 Å². The van der Waals surface area contributed by atoms with Gasteiger partial charge in [0.1, 0.15) is 0 Å². The second-order valence-electron chi connectivity index (χ2n) is 3.52. The molecule has 0 spiro atoms. The van der Waals surface area contributed by atoms with E-state index in [0.717, 1.165) is 42.2 Å². The van der Waals surface area contributed by atoms with Crippen LogP contribution in [0.2, 0.25) is 0 Å². The second kappa shape index (κ2) is 5.32. The quantitative estimate of drug-likeness (QED) is 0.862. The molecule has 0 aromatic heterocycles. The number of halogens is 1. The summed E-state index contributed by atoms with van der Waals surface area (Å²) < 4.78 is 6.26. The number of rotatable bonds is 3. The van der Waals surface area contributed by atoms with E-state index in [4.69, 9.17) is 4.74 Å². The predicted molar refractivity (Wildman–Crippen MR) is 66.9 cm³/mol. The highest BCUT2D eigenvalue weighted by molar-refractivity contribution is 9.10. The minimum Gasteiger partial charge on any atom is -0.378 e. The summed E-state index contributed by atoms with van der Waals surface area (Å²) in [6.45, 7) is 3.18. The van der Waals surface area contributed by atoms with Gasteiger partial charge in [0.05, 0.1) is 24.6 Å². The summed E-state index contributed by atoms with van der Waals surface area (Å²) in [6.07, 6.45) is 0.700. The first-order valence-corrected chi connectivity index (χ1v) is 5.93. The molecule has 1 aromatic carbocycles. The Kier molecular flexibility index (Phi) is 3.79. The minimum atomic E-state index is 0.700. The van der Waals surface area contributed by atoms with E-state index in [1.165, 1.54) is 0 Å². The minimum absolute atomic E-state index is 0.700. The van der Waals surface area contributed by atoms with E-state index >= 15 is 0 Å². The van der Waals surface area contributed by atoms with E-state index < -0.39 is 0 Å². The molecule has 0 atom stereocenters. The molecule has 0 bridgehead atoms. The number of morpholine rings is 1. The number of nitrogens with zero attached hydrogens (tertiary/aromatic N) is 1. The van der Waals surface area contributed by atoms with Crippen LogP contribution < -0.4 is 10.2 Å². The van der Waals surface area contributed by atoms with Crippen molar-refractivity contribution in [2.24, 2.45) is 0 Å². The first-order chi connectivity index (χ1) is 7.81.